The van der Waals surface area contributed by atoms with Crippen LogP contribution in [0.25, 0.3) is 0 Å². The molecule has 0 spiro atoms. The van der Waals surface area contributed by atoms with Gasteiger partial charge in [0.2, 0.25) is 11.6 Å². The van der Waals surface area contributed by atoms with Crippen LogP contribution >= 0.6 is 0 Å². The number of hydrogen-bond donors (Lipinski definition) is 0. The first kappa shape index (κ1) is 12.1. The van der Waals surface area contributed by atoms with E-state index in [0.717, 1.165) is 5.56 Å². The molecule has 0 aliphatic heterocycles. The molecule has 1 nitrogen and oxygen atoms in total. The number of halogens is 3. The Labute approximate surface area is 90.6 Å². The molecule has 16 heavy (non-hydrogen) atoms. The third kappa shape index (κ3) is 3.28. The molecule has 1 aromatic carbocycles. The second kappa shape index (κ2) is 5.17. The van der Waals surface area contributed by atoms with E-state index in [1.165, 1.54) is 18.1 Å². The lowest BCUT2D eigenvalue weighted by Gasteiger charge is -1.94. The van der Waals surface area contributed by atoms with Crippen LogP contribution in [-0.2, 0) is 0 Å². The summed E-state index contributed by atoms with van der Waals surface area (Å²) in [5.74, 6) is 0.684. The van der Waals surface area contributed by atoms with Crippen molar-refractivity contribution in [1.82, 2.24) is 0 Å². The molecule has 0 bridgehead atoms. The monoisotopic (exact) mass is 224 g/mol. The van der Waals surface area contributed by atoms with Crippen molar-refractivity contribution in [2.24, 2.45) is 0 Å². The summed E-state index contributed by atoms with van der Waals surface area (Å²) in [6.07, 6.45) is -2.52. The van der Waals surface area contributed by atoms with Crippen LogP contribution in [0.2, 0.25) is 0 Å². The Morgan fingerprint density at radius 2 is 1.62 bits per heavy atom. The first-order valence-electron chi connectivity index (χ1n) is 4.34. The molecular formula is C12H7F3O. The van der Waals surface area contributed by atoms with Gasteiger partial charge in [-0.2, -0.15) is 13.2 Å². The Kier molecular flexibility index (Phi) is 3.90. The van der Waals surface area contributed by atoms with E-state index in [1.54, 1.807) is 18.1 Å². The van der Waals surface area contributed by atoms with Crippen LogP contribution in [0.15, 0.2) is 36.2 Å². The molecular weight excluding hydrogens is 217 g/mol. The lowest BCUT2D eigenvalue weighted by Crippen LogP contribution is -1.94. The van der Waals surface area contributed by atoms with Gasteiger partial charge < -0.3 is 0 Å². The molecule has 1 aromatic rings. The number of benzene rings is 1. The highest BCUT2D eigenvalue weighted by Crippen LogP contribution is 2.08. The zero-order chi connectivity index (χ0) is 12.1. The van der Waals surface area contributed by atoms with Gasteiger partial charge in [0.25, 0.3) is 0 Å². The van der Waals surface area contributed by atoms with Crippen molar-refractivity contribution in [3.05, 3.63) is 47.3 Å². The van der Waals surface area contributed by atoms with Crippen LogP contribution in [0.1, 0.15) is 15.9 Å². The zero-order valence-electron chi connectivity index (χ0n) is 8.35. The summed E-state index contributed by atoms with van der Waals surface area (Å²) >= 11 is 0. The third-order valence-corrected chi connectivity index (χ3v) is 1.77. The average molecular weight is 224 g/mol. The smallest absolute Gasteiger partial charge is 0.279 e. The predicted octanol–water partition coefficient (Wildman–Crippen LogP) is 3.26. The lowest BCUT2D eigenvalue weighted by atomic mass is 10.1. The standard InChI is InChI=1S/C12H7F3O/c1-8-2-4-9(5-3-8)11(16)7-6-10(13)12(14)15/h2-5H,1H3. The minimum Gasteiger partial charge on any atom is -0.279 e. The molecule has 0 aliphatic carbocycles. The van der Waals surface area contributed by atoms with Crippen molar-refractivity contribution in [2.75, 3.05) is 0 Å². The highest BCUT2D eigenvalue weighted by molar-refractivity contribution is 6.09. The number of rotatable bonds is 1. The van der Waals surface area contributed by atoms with Crippen LogP contribution in [0.5, 0.6) is 0 Å². The Balaban J connectivity index is 2.89. The first-order valence-corrected chi connectivity index (χ1v) is 4.34. The fourth-order valence-corrected chi connectivity index (χ4v) is 0.936. The van der Waals surface area contributed by atoms with Crippen molar-refractivity contribution in [1.29, 1.82) is 0 Å². The molecule has 4 heteroatoms. The summed E-state index contributed by atoms with van der Waals surface area (Å²) in [4.78, 5) is 11.3. The van der Waals surface area contributed by atoms with Gasteiger partial charge >= 0.3 is 6.08 Å². The number of Topliss-reactive ketones (excluding diaryl/α,β-unsaturated/α-hetero) is 1. The van der Waals surface area contributed by atoms with Crippen LogP contribution in [0.3, 0.4) is 0 Å². The molecule has 0 aliphatic rings. The maximum Gasteiger partial charge on any atom is 0.314 e. The van der Waals surface area contributed by atoms with Crippen molar-refractivity contribution in [3.8, 4) is 11.8 Å². The van der Waals surface area contributed by atoms with Gasteiger partial charge in [0.05, 0.1) is 0 Å². The Morgan fingerprint density at radius 3 is 2.12 bits per heavy atom. The summed E-state index contributed by atoms with van der Waals surface area (Å²) in [5.41, 5.74) is 1.19. The third-order valence-electron chi connectivity index (χ3n) is 1.77. The zero-order valence-corrected chi connectivity index (χ0v) is 8.35. The minimum atomic E-state index is -2.52. The number of carbonyl (C=O) groups excluding carboxylic acids is 1. The van der Waals surface area contributed by atoms with Gasteiger partial charge in [0, 0.05) is 5.56 Å². The summed E-state index contributed by atoms with van der Waals surface area (Å²) in [6, 6.07) is 6.35. The lowest BCUT2D eigenvalue weighted by molar-refractivity contribution is 0.105. The van der Waals surface area contributed by atoms with Crippen LogP contribution in [-0.4, -0.2) is 5.78 Å². The van der Waals surface area contributed by atoms with Crippen molar-refractivity contribution >= 4 is 5.78 Å². The number of allylic oxidation sites excluding steroid dienone is 1. The molecule has 1 rings (SSSR count). The molecule has 0 saturated heterocycles. The van der Waals surface area contributed by atoms with Crippen LogP contribution in [0, 0.1) is 18.8 Å². The highest BCUT2D eigenvalue weighted by atomic mass is 19.3. The summed E-state index contributed by atoms with van der Waals surface area (Å²) in [6.45, 7) is 1.83. The fourth-order valence-electron chi connectivity index (χ4n) is 0.936. The number of hydrogen-bond acceptors (Lipinski definition) is 1. The fraction of sp³-hybridized carbons (Fsp3) is 0.0833. The molecule has 0 unspecified atom stereocenters. The summed E-state index contributed by atoms with van der Waals surface area (Å²) in [7, 11) is 0. The van der Waals surface area contributed by atoms with E-state index in [-0.39, 0.29) is 5.56 Å². The molecule has 0 fully saturated rings. The second-order valence-electron chi connectivity index (χ2n) is 3.02. The van der Waals surface area contributed by atoms with Gasteiger partial charge in [-0.1, -0.05) is 29.8 Å². The first-order chi connectivity index (χ1) is 7.50. The molecule has 0 heterocycles. The molecule has 0 amide bonds. The van der Waals surface area contributed by atoms with Gasteiger partial charge in [0.1, 0.15) is 0 Å². The van der Waals surface area contributed by atoms with E-state index in [1.807, 2.05) is 6.92 Å². The van der Waals surface area contributed by atoms with E-state index >= 15 is 0 Å². The summed E-state index contributed by atoms with van der Waals surface area (Å²) < 4.78 is 35.5. The van der Waals surface area contributed by atoms with Gasteiger partial charge in [-0.15, -0.1) is 0 Å². The molecule has 0 aromatic heterocycles. The number of aryl methyl sites for hydroxylation is 1. The van der Waals surface area contributed by atoms with Gasteiger partial charge in [0.15, 0.2) is 0 Å². The van der Waals surface area contributed by atoms with Crippen molar-refractivity contribution < 1.29 is 18.0 Å². The Morgan fingerprint density at radius 1 is 1.06 bits per heavy atom. The summed E-state index contributed by atoms with van der Waals surface area (Å²) in [5, 5.41) is 0. The van der Waals surface area contributed by atoms with Crippen molar-refractivity contribution in [3.63, 3.8) is 0 Å². The Bertz CT molecular complexity index is 485. The topological polar surface area (TPSA) is 17.1 Å². The van der Waals surface area contributed by atoms with E-state index < -0.39 is 17.7 Å². The maximum absolute atomic E-state index is 12.3. The molecule has 0 saturated carbocycles. The minimum absolute atomic E-state index is 0.241. The van der Waals surface area contributed by atoms with Crippen molar-refractivity contribution in [2.45, 2.75) is 6.92 Å². The number of carbonyl (C=O) groups is 1. The molecule has 0 atom stereocenters. The SMILES string of the molecule is Cc1ccc(C(=O)C#CC(F)=C(F)F)cc1. The molecule has 0 N–H and O–H groups in total. The van der Waals surface area contributed by atoms with E-state index in [9.17, 15) is 18.0 Å². The van der Waals surface area contributed by atoms with Gasteiger partial charge in [-0.3, -0.25) is 4.79 Å². The average Bonchev–Trinajstić information content (AvgIpc) is 2.26. The molecule has 82 valence electrons. The molecule has 0 radical (unpaired) electrons. The van der Waals surface area contributed by atoms with Crippen LogP contribution in [0.4, 0.5) is 13.2 Å². The van der Waals surface area contributed by atoms with Crippen LogP contribution < -0.4 is 0 Å². The predicted molar refractivity (Wildman–Crippen MR) is 53.6 cm³/mol. The van der Waals surface area contributed by atoms with E-state index in [2.05, 4.69) is 0 Å². The second-order valence-corrected chi connectivity index (χ2v) is 3.02. The normalized spacial score (nSPS) is 9.00. The van der Waals surface area contributed by atoms with Gasteiger partial charge in [-0.05, 0) is 18.8 Å². The van der Waals surface area contributed by atoms with E-state index in [0.29, 0.717) is 0 Å². The Hall–Kier alpha value is -2.02. The largest absolute Gasteiger partial charge is 0.314 e. The van der Waals surface area contributed by atoms with Gasteiger partial charge in [-0.25, -0.2) is 0 Å². The highest BCUT2D eigenvalue weighted by Gasteiger charge is 2.03. The van der Waals surface area contributed by atoms with E-state index in [4.69, 9.17) is 0 Å². The quantitative estimate of drug-likeness (QED) is 0.406. The maximum atomic E-state index is 12.3. The number of ketones is 1.